The van der Waals surface area contributed by atoms with Gasteiger partial charge in [-0.25, -0.2) is 4.39 Å². The Labute approximate surface area is 86.3 Å². The second kappa shape index (κ2) is 3.75. The first-order chi connectivity index (χ1) is 6.74. The SMILES string of the molecule is OCc1c(F)c(Cl)cc2c1CCCO2. The highest BCUT2D eigenvalue weighted by atomic mass is 35.5. The third kappa shape index (κ3) is 1.47. The summed E-state index contributed by atoms with van der Waals surface area (Å²) in [5, 5.41) is 9.05. The zero-order valence-electron chi connectivity index (χ0n) is 7.52. The molecule has 1 aromatic carbocycles. The predicted octanol–water partition coefficient (Wildman–Crippen LogP) is 2.30. The molecule has 1 heterocycles. The summed E-state index contributed by atoms with van der Waals surface area (Å²) in [6, 6.07) is 1.48. The third-order valence-electron chi connectivity index (χ3n) is 2.38. The van der Waals surface area contributed by atoms with Crippen molar-refractivity contribution in [2.45, 2.75) is 19.4 Å². The van der Waals surface area contributed by atoms with Crippen LogP contribution < -0.4 is 4.74 Å². The van der Waals surface area contributed by atoms with Gasteiger partial charge in [-0.1, -0.05) is 11.6 Å². The molecule has 0 saturated carbocycles. The summed E-state index contributed by atoms with van der Waals surface area (Å²) >= 11 is 5.66. The lowest BCUT2D eigenvalue weighted by Crippen LogP contribution is -2.12. The van der Waals surface area contributed by atoms with Crippen LogP contribution in [-0.4, -0.2) is 11.7 Å². The predicted molar refractivity (Wildman–Crippen MR) is 51.1 cm³/mol. The van der Waals surface area contributed by atoms with E-state index in [1.807, 2.05) is 0 Å². The molecule has 0 saturated heterocycles. The zero-order chi connectivity index (χ0) is 10.1. The average molecular weight is 217 g/mol. The molecule has 0 fully saturated rings. The van der Waals surface area contributed by atoms with Crippen molar-refractivity contribution in [3.8, 4) is 5.75 Å². The van der Waals surface area contributed by atoms with Crippen LogP contribution in [0.3, 0.4) is 0 Å². The summed E-state index contributed by atoms with van der Waals surface area (Å²) in [4.78, 5) is 0. The van der Waals surface area contributed by atoms with E-state index < -0.39 is 5.82 Å². The minimum Gasteiger partial charge on any atom is -0.493 e. The smallest absolute Gasteiger partial charge is 0.147 e. The fraction of sp³-hybridized carbons (Fsp3) is 0.400. The monoisotopic (exact) mass is 216 g/mol. The minimum absolute atomic E-state index is 0.00898. The summed E-state index contributed by atoms with van der Waals surface area (Å²) in [5.41, 5.74) is 1.02. The molecule has 0 amide bonds. The summed E-state index contributed by atoms with van der Waals surface area (Å²) in [6.07, 6.45) is 1.58. The molecule has 0 bridgehead atoms. The molecule has 76 valence electrons. The molecule has 1 aliphatic heterocycles. The van der Waals surface area contributed by atoms with Crippen LogP contribution in [0.2, 0.25) is 5.02 Å². The number of fused-ring (bicyclic) bond motifs is 1. The van der Waals surface area contributed by atoms with Crippen LogP contribution >= 0.6 is 11.6 Å². The van der Waals surface area contributed by atoms with E-state index in [2.05, 4.69) is 0 Å². The van der Waals surface area contributed by atoms with Crippen LogP contribution in [0.15, 0.2) is 6.07 Å². The maximum Gasteiger partial charge on any atom is 0.147 e. The van der Waals surface area contributed by atoms with Crippen LogP contribution in [0.25, 0.3) is 0 Å². The van der Waals surface area contributed by atoms with Crippen LogP contribution in [0, 0.1) is 5.82 Å². The molecule has 1 aromatic rings. The number of aliphatic hydroxyl groups excluding tert-OH is 1. The number of hydrogen-bond acceptors (Lipinski definition) is 2. The standard InChI is InChI=1S/C10H10ClFO2/c11-8-4-9-6(2-1-3-14-9)7(5-13)10(8)12/h4,13H,1-3,5H2. The fourth-order valence-corrected chi connectivity index (χ4v) is 1.90. The minimum atomic E-state index is -0.529. The number of hydrogen-bond donors (Lipinski definition) is 1. The van der Waals surface area contributed by atoms with Crippen molar-refractivity contribution in [3.63, 3.8) is 0 Å². The van der Waals surface area contributed by atoms with Gasteiger partial charge in [0.25, 0.3) is 0 Å². The number of benzene rings is 1. The number of aliphatic hydroxyl groups is 1. The van der Waals surface area contributed by atoms with Gasteiger partial charge >= 0.3 is 0 Å². The molecular weight excluding hydrogens is 207 g/mol. The van der Waals surface area contributed by atoms with Crippen LogP contribution in [0.5, 0.6) is 5.75 Å². The summed E-state index contributed by atoms with van der Waals surface area (Å²) < 4.78 is 18.8. The van der Waals surface area contributed by atoms with E-state index in [4.69, 9.17) is 21.4 Å². The van der Waals surface area contributed by atoms with E-state index in [1.54, 1.807) is 0 Å². The number of ether oxygens (including phenoxy) is 1. The van der Waals surface area contributed by atoms with Crippen LogP contribution in [0.4, 0.5) is 4.39 Å². The van der Waals surface area contributed by atoms with Crippen molar-refractivity contribution in [2.75, 3.05) is 6.61 Å². The average Bonchev–Trinajstić information content (AvgIpc) is 2.20. The number of halogens is 2. The van der Waals surface area contributed by atoms with E-state index in [-0.39, 0.29) is 17.2 Å². The van der Waals surface area contributed by atoms with Crippen molar-refractivity contribution in [3.05, 3.63) is 28.0 Å². The van der Waals surface area contributed by atoms with Gasteiger partial charge in [0, 0.05) is 17.2 Å². The molecule has 2 nitrogen and oxygen atoms in total. The van der Waals surface area contributed by atoms with Gasteiger partial charge in [0.1, 0.15) is 11.6 Å². The Kier molecular flexibility index (Phi) is 2.61. The van der Waals surface area contributed by atoms with Crippen molar-refractivity contribution in [1.82, 2.24) is 0 Å². The highest BCUT2D eigenvalue weighted by Gasteiger charge is 2.20. The Morgan fingerprint density at radius 1 is 1.57 bits per heavy atom. The van der Waals surface area contributed by atoms with Gasteiger partial charge in [-0.15, -0.1) is 0 Å². The quantitative estimate of drug-likeness (QED) is 0.781. The zero-order valence-corrected chi connectivity index (χ0v) is 8.27. The first-order valence-corrected chi connectivity index (χ1v) is 4.85. The maximum absolute atomic E-state index is 13.4. The van der Waals surface area contributed by atoms with Gasteiger partial charge in [0.05, 0.1) is 18.2 Å². The third-order valence-corrected chi connectivity index (χ3v) is 2.66. The molecule has 1 aliphatic rings. The van der Waals surface area contributed by atoms with E-state index in [0.29, 0.717) is 12.4 Å². The lowest BCUT2D eigenvalue weighted by molar-refractivity contribution is 0.260. The molecular formula is C10H10ClFO2. The first-order valence-electron chi connectivity index (χ1n) is 4.47. The normalized spacial score (nSPS) is 14.8. The number of rotatable bonds is 1. The van der Waals surface area contributed by atoms with Gasteiger partial charge in [0.15, 0.2) is 0 Å². The Morgan fingerprint density at radius 3 is 3.07 bits per heavy atom. The first kappa shape index (κ1) is 9.74. The van der Waals surface area contributed by atoms with Crippen molar-refractivity contribution < 1.29 is 14.2 Å². The Hall–Kier alpha value is -0.800. The Balaban J connectivity index is 2.60. The maximum atomic E-state index is 13.4. The summed E-state index contributed by atoms with van der Waals surface area (Å²) in [6.45, 7) is 0.290. The summed E-state index contributed by atoms with van der Waals surface area (Å²) in [5.74, 6) is 0.0742. The Bertz CT molecular complexity index is 366. The molecule has 4 heteroatoms. The van der Waals surface area contributed by atoms with Crippen LogP contribution in [-0.2, 0) is 13.0 Å². The summed E-state index contributed by atoms with van der Waals surface area (Å²) in [7, 11) is 0. The van der Waals surface area contributed by atoms with E-state index in [1.165, 1.54) is 6.07 Å². The second-order valence-electron chi connectivity index (χ2n) is 3.24. The van der Waals surface area contributed by atoms with Gasteiger partial charge in [0.2, 0.25) is 0 Å². The topological polar surface area (TPSA) is 29.5 Å². The largest absolute Gasteiger partial charge is 0.493 e. The van der Waals surface area contributed by atoms with Gasteiger partial charge in [-0.05, 0) is 12.8 Å². The Morgan fingerprint density at radius 2 is 2.36 bits per heavy atom. The second-order valence-corrected chi connectivity index (χ2v) is 3.64. The van der Waals surface area contributed by atoms with E-state index in [0.717, 1.165) is 18.4 Å². The molecule has 2 rings (SSSR count). The van der Waals surface area contributed by atoms with Crippen molar-refractivity contribution >= 4 is 11.6 Å². The molecule has 0 aromatic heterocycles. The van der Waals surface area contributed by atoms with Crippen molar-refractivity contribution in [1.29, 1.82) is 0 Å². The van der Waals surface area contributed by atoms with Crippen molar-refractivity contribution in [2.24, 2.45) is 0 Å². The van der Waals surface area contributed by atoms with Gasteiger partial charge < -0.3 is 9.84 Å². The van der Waals surface area contributed by atoms with E-state index in [9.17, 15) is 4.39 Å². The molecule has 0 unspecified atom stereocenters. The molecule has 0 radical (unpaired) electrons. The fourth-order valence-electron chi connectivity index (χ4n) is 1.69. The highest BCUT2D eigenvalue weighted by molar-refractivity contribution is 6.31. The van der Waals surface area contributed by atoms with Gasteiger partial charge in [-0.2, -0.15) is 0 Å². The molecule has 1 N–H and O–H groups in total. The lowest BCUT2D eigenvalue weighted by Gasteiger charge is -2.20. The molecule has 0 aliphatic carbocycles. The van der Waals surface area contributed by atoms with Crippen LogP contribution in [0.1, 0.15) is 17.5 Å². The lowest BCUT2D eigenvalue weighted by atomic mass is 10.00. The molecule has 14 heavy (non-hydrogen) atoms. The molecule has 0 spiro atoms. The van der Waals surface area contributed by atoms with Gasteiger partial charge in [-0.3, -0.25) is 0 Å². The highest BCUT2D eigenvalue weighted by Crippen LogP contribution is 2.34. The molecule has 0 atom stereocenters. The van der Waals surface area contributed by atoms with E-state index >= 15 is 0 Å².